The third kappa shape index (κ3) is 4.75. The molecule has 4 rings (SSSR count). The monoisotopic (exact) mass is 517 g/mol. The lowest BCUT2D eigenvalue weighted by atomic mass is 9.86. The molecule has 1 saturated heterocycles. The summed E-state index contributed by atoms with van der Waals surface area (Å²) >= 11 is 2.23. The molecule has 8 heteroatoms. The van der Waals surface area contributed by atoms with E-state index in [4.69, 9.17) is 0 Å². The quantitative estimate of drug-likeness (QED) is 0.412. The number of aryl methyl sites for hydroxylation is 3. The van der Waals surface area contributed by atoms with Gasteiger partial charge in [0.1, 0.15) is 0 Å². The Morgan fingerprint density at radius 1 is 1.07 bits per heavy atom. The van der Waals surface area contributed by atoms with Crippen LogP contribution in [-0.4, -0.2) is 45.2 Å². The number of benzene rings is 1. The minimum absolute atomic E-state index is 0.569. The number of hydrogen-bond donors (Lipinski definition) is 3. The maximum absolute atomic E-state index is 4.66. The number of likely N-dealkylation sites (tertiary alicyclic amines) is 1. The van der Waals surface area contributed by atoms with Crippen LogP contribution in [0.2, 0.25) is 0 Å². The van der Waals surface area contributed by atoms with Gasteiger partial charge in [-0.2, -0.15) is 10.1 Å². The highest BCUT2D eigenvalue weighted by atomic mass is 127. The molecule has 0 radical (unpaired) electrons. The van der Waals surface area contributed by atoms with Crippen LogP contribution in [0.5, 0.6) is 0 Å². The average molecular weight is 517 g/mol. The molecule has 1 aromatic carbocycles. The SMILES string of the molecule is Cc1cc(Nc2nc(Nc3cc(C)c(C4CCN(C)CC4)cc3C)ncc2I)n[nH]1. The van der Waals surface area contributed by atoms with E-state index in [0.29, 0.717) is 11.9 Å². The molecular formula is C22H28IN7. The molecule has 1 aliphatic rings. The van der Waals surface area contributed by atoms with Crippen molar-refractivity contribution in [2.75, 3.05) is 30.8 Å². The summed E-state index contributed by atoms with van der Waals surface area (Å²) in [5.74, 6) is 2.69. The number of piperidine rings is 1. The molecule has 0 unspecified atom stereocenters. The summed E-state index contributed by atoms with van der Waals surface area (Å²) in [6, 6.07) is 6.51. The van der Waals surface area contributed by atoms with E-state index in [9.17, 15) is 0 Å². The van der Waals surface area contributed by atoms with Crippen molar-refractivity contribution in [2.24, 2.45) is 0 Å². The van der Waals surface area contributed by atoms with Gasteiger partial charge in [-0.15, -0.1) is 0 Å². The summed E-state index contributed by atoms with van der Waals surface area (Å²) in [6.45, 7) is 8.67. The molecule has 3 N–H and O–H groups in total. The third-order valence-electron chi connectivity index (χ3n) is 5.71. The number of halogens is 1. The fourth-order valence-electron chi connectivity index (χ4n) is 3.97. The Morgan fingerprint density at radius 3 is 2.53 bits per heavy atom. The van der Waals surface area contributed by atoms with Gasteiger partial charge in [-0.05, 0) is 105 Å². The molecule has 1 fully saturated rings. The molecule has 1 aliphatic heterocycles. The molecule has 0 aliphatic carbocycles. The summed E-state index contributed by atoms with van der Waals surface area (Å²) in [5.41, 5.74) is 6.07. The van der Waals surface area contributed by atoms with E-state index in [2.05, 4.69) is 91.3 Å². The number of H-pyrrole nitrogens is 1. The van der Waals surface area contributed by atoms with Crippen LogP contribution in [-0.2, 0) is 0 Å². The molecule has 30 heavy (non-hydrogen) atoms. The average Bonchev–Trinajstić information content (AvgIpc) is 3.12. The maximum Gasteiger partial charge on any atom is 0.229 e. The largest absolute Gasteiger partial charge is 0.324 e. The molecule has 0 atom stereocenters. The highest BCUT2D eigenvalue weighted by Gasteiger charge is 2.21. The van der Waals surface area contributed by atoms with Gasteiger partial charge in [0.15, 0.2) is 11.6 Å². The van der Waals surface area contributed by atoms with Gasteiger partial charge >= 0.3 is 0 Å². The topological polar surface area (TPSA) is 81.8 Å². The minimum atomic E-state index is 0.569. The molecular weight excluding hydrogens is 489 g/mol. The Labute approximate surface area is 191 Å². The van der Waals surface area contributed by atoms with Gasteiger partial charge in [-0.3, -0.25) is 5.10 Å². The first kappa shape index (κ1) is 21.0. The zero-order valence-electron chi connectivity index (χ0n) is 17.9. The van der Waals surface area contributed by atoms with Crippen molar-refractivity contribution in [3.05, 3.63) is 50.4 Å². The number of nitrogens with one attached hydrogen (secondary N) is 3. The molecule has 0 spiro atoms. The zero-order valence-corrected chi connectivity index (χ0v) is 20.0. The van der Waals surface area contributed by atoms with Crippen LogP contribution in [0.3, 0.4) is 0 Å². The van der Waals surface area contributed by atoms with E-state index in [-0.39, 0.29) is 0 Å². The number of hydrogen-bond acceptors (Lipinski definition) is 6. The Kier molecular flexibility index (Phi) is 6.24. The second-order valence-electron chi connectivity index (χ2n) is 8.18. The van der Waals surface area contributed by atoms with Gasteiger partial charge in [-0.25, -0.2) is 4.98 Å². The summed E-state index contributed by atoms with van der Waals surface area (Å²) < 4.78 is 0.935. The van der Waals surface area contributed by atoms with Gasteiger partial charge in [0, 0.05) is 23.6 Å². The number of aromatic amines is 1. The predicted octanol–water partition coefficient (Wildman–Crippen LogP) is 5.03. The van der Waals surface area contributed by atoms with Crippen molar-refractivity contribution in [3.63, 3.8) is 0 Å². The minimum Gasteiger partial charge on any atom is -0.324 e. The van der Waals surface area contributed by atoms with Crippen LogP contribution >= 0.6 is 22.6 Å². The first-order chi connectivity index (χ1) is 14.4. The highest BCUT2D eigenvalue weighted by Crippen LogP contribution is 2.33. The Morgan fingerprint density at radius 2 is 1.83 bits per heavy atom. The lowest BCUT2D eigenvalue weighted by Gasteiger charge is -2.30. The fraction of sp³-hybridized carbons (Fsp3) is 0.409. The van der Waals surface area contributed by atoms with Crippen LogP contribution in [0.25, 0.3) is 0 Å². The zero-order chi connectivity index (χ0) is 21.3. The van der Waals surface area contributed by atoms with Gasteiger partial charge in [0.05, 0.1) is 3.57 Å². The summed E-state index contributed by atoms with van der Waals surface area (Å²) in [4.78, 5) is 11.5. The van der Waals surface area contributed by atoms with E-state index in [0.717, 1.165) is 26.6 Å². The number of nitrogens with zero attached hydrogens (tertiary/aromatic N) is 4. The van der Waals surface area contributed by atoms with Crippen LogP contribution < -0.4 is 10.6 Å². The molecule has 2 aromatic heterocycles. The van der Waals surface area contributed by atoms with Crippen molar-refractivity contribution < 1.29 is 0 Å². The van der Waals surface area contributed by atoms with Crippen LogP contribution in [0, 0.1) is 24.3 Å². The van der Waals surface area contributed by atoms with Crippen molar-refractivity contribution in [1.82, 2.24) is 25.1 Å². The second-order valence-corrected chi connectivity index (χ2v) is 9.34. The van der Waals surface area contributed by atoms with Crippen LogP contribution in [0.4, 0.5) is 23.3 Å². The summed E-state index contributed by atoms with van der Waals surface area (Å²) in [7, 11) is 2.21. The van der Waals surface area contributed by atoms with Crippen LogP contribution in [0.15, 0.2) is 24.4 Å². The van der Waals surface area contributed by atoms with E-state index < -0.39 is 0 Å². The van der Waals surface area contributed by atoms with E-state index >= 15 is 0 Å². The first-order valence-corrected chi connectivity index (χ1v) is 11.3. The number of aromatic nitrogens is 4. The van der Waals surface area contributed by atoms with E-state index in [1.807, 2.05) is 19.2 Å². The molecule has 3 aromatic rings. The summed E-state index contributed by atoms with van der Waals surface area (Å²) in [6.07, 6.45) is 4.27. The molecule has 0 bridgehead atoms. The first-order valence-electron chi connectivity index (χ1n) is 10.3. The van der Waals surface area contributed by atoms with Crippen LogP contribution in [0.1, 0.15) is 41.1 Å². The fourth-order valence-corrected chi connectivity index (χ4v) is 4.37. The number of anilines is 4. The lowest BCUT2D eigenvalue weighted by Crippen LogP contribution is -2.29. The van der Waals surface area contributed by atoms with Gasteiger partial charge in [0.25, 0.3) is 0 Å². The van der Waals surface area contributed by atoms with Crippen molar-refractivity contribution in [2.45, 2.75) is 39.5 Å². The van der Waals surface area contributed by atoms with Crippen molar-refractivity contribution in [3.8, 4) is 0 Å². The maximum atomic E-state index is 4.66. The van der Waals surface area contributed by atoms with Gasteiger partial charge < -0.3 is 15.5 Å². The molecule has 0 saturated carbocycles. The Balaban J connectivity index is 1.54. The Hall–Kier alpha value is -2.20. The predicted molar refractivity (Wildman–Crippen MR) is 130 cm³/mol. The second kappa shape index (κ2) is 8.89. The van der Waals surface area contributed by atoms with E-state index in [1.54, 1.807) is 0 Å². The molecule has 3 heterocycles. The standard InChI is InChI=1S/C22H28IN7/c1-13-10-19(14(2)9-17(13)16-5-7-30(4)8-6-16)25-22-24-12-18(23)21(27-22)26-20-11-15(3)28-29-20/h9-12,16H,5-8H2,1-4H3,(H3,24,25,26,27,28,29). The smallest absolute Gasteiger partial charge is 0.229 e. The molecule has 158 valence electrons. The number of rotatable bonds is 5. The summed E-state index contributed by atoms with van der Waals surface area (Å²) in [5, 5.41) is 13.8. The van der Waals surface area contributed by atoms with E-state index in [1.165, 1.54) is 42.6 Å². The molecule has 7 nitrogen and oxygen atoms in total. The van der Waals surface area contributed by atoms with Gasteiger partial charge in [0.2, 0.25) is 5.95 Å². The van der Waals surface area contributed by atoms with Crippen molar-refractivity contribution >= 4 is 45.9 Å². The third-order valence-corrected chi connectivity index (χ3v) is 6.50. The Bertz CT molecular complexity index is 1040. The lowest BCUT2D eigenvalue weighted by molar-refractivity contribution is 0.255. The van der Waals surface area contributed by atoms with Gasteiger partial charge in [-0.1, -0.05) is 6.07 Å². The normalized spacial score (nSPS) is 15.4. The highest BCUT2D eigenvalue weighted by molar-refractivity contribution is 14.1. The van der Waals surface area contributed by atoms with Crippen molar-refractivity contribution in [1.29, 1.82) is 0 Å². The molecule has 0 amide bonds.